The quantitative estimate of drug-likeness (QED) is 0.896. The first-order valence-corrected chi connectivity index (χ1v) is 7.02. The van der Waals surface area contributed by atoms with Crippen molar-refractivity contribution in [2.45, 2.75) is 45.9 Å². The zero-order valence-electron chi connectivity index (χ0n) is 10.8. The molecule has 1 saturated heterocycles. The standard InChI is InChI=1S/C12H21N3OS/c1-4-10-7-16-8(2)6-15(10)12-14-9(3)11(5-13)17-12/h8,10H,4-7,13H2,1-3H3. The van der Waals surface area contributed by atoms with Gasteiger partial charge in [-0.3, -0.25) is 0 Å². The number of rotatable bonds is 3. The fourth-order valence-corrected chi connectivity index (χ4v) is 3.16. The molecule has 17 heavy (non-hydrogen) atoms. The third-order valence-electron chi connectivity index (χ3n) is 3.25. The summed E-state index contributed by atoms with van der Waals surface area (Å²) in [5.41, 5.74) is 6.79. The van der Waals surface area contributed by atoms with E-state index in [0.717, 1.165) is 30.4 Å². The van der Waals surface area contributed by atoms with Gasteiger partial charge in [-0.15, -0.1) is 11.3 Å². The zero-order chi connectivity index (χ0) is 12.4. The van der Waals surface area contributed by atoms with Gasteiger partial charge in [-0.2, -0.15) is 0 Å². The average Bonchev–Trinajstić information content (AvgIpc) is 2.70. The van der Waals surface area contributed by atoms with Crippen LogP contribution in [0.4, 0.5) is 5.13 Å². The van der Waals surface area contributed by atoms with E-state index in [9.17, 15) is 0 Å². The third-order valence-corrected chi connectivity index (χ3v) is 4.47. The molecule has 0 aromatic carbocycles. The second kappa shape index (κ2) is 5.33. The molecular weight excluding hydrogens is 234 g/mol. The van der Waals surface area contributed by atoms with Crippen LogP contribution in [-0.2, 0) is 11.3 Å². The summed E-state index contributed by atoms with van der Waals surface area (Å²) in [4.78, 5) is 8.22. The van der Waals surface area contributed by atoms with Crippen LogP contribution >= 0.6 is 11.3 Å². The Bertz CT molecular complexity index is 380. The predicted molar refractivity (Wildman–Crippen MR) is 71.6 cm³/mol. The van der Waals surface area contributed by atoms with Gasteiger partial charge in [0.25, 0.3) is 0 Å². The lowest BCUT2D eigenvalue weighted by Gasteiger charge is -2.38. The van der Waals surface area contributed by atoms with E-state index in [-0.39, 0.29) is 6.10 Å². The average molecular weight is 255 g/mol. The molecule has 0 radical (unpaired) electrons. The fraction of sp³-hybridized carbons (Fsp3) is 0.750. The lowest BCUT2D eigenvalue weighted by atomic mass is 10.1. The minimum absolute atomic E-state index is 0.281. The molecule has 2 atom stereocenters. The largest absolute Gasteiger partial charge is 0.375 e. The topological polar surface area (TPSA) is 51.4 Å². The molecule has 4 nitrogen and oxygen atoms in total. The Morgan fingerprint density at radius 1 is 1.59 bits per heavy atom. The molecule has 1 fully saturated rings. The number of hydrogen-bond acceptors (Lipinski definition) is 5. The van der Waals surface area contributed by atoms with Gasteiger partial charge in [-0.25, -0.2) is 4.98 Å². The summed E-state index contributed by atoms with van der Waals surface area (Å²) in [6.45, 7) is 8.65. The molecule has 0 aliphatic carbocycles. The van der Waals surface area contributed by atoms with Crippen molar-refractivity contribution in [2.24, 2.45) is 5.73 Å². The molecule has 2 heterocycles. The number of aryl methyl sites for hydroxylation is 1. The maximum Gasteiger partial charge on any atom is 0.186 e. The number of thiazole rings is 1. The highest BCUT2D eigenvalue weighted by atomic mass is 32.1. The maximum absolute atomic E-state index is 5.72. The third kappa shape index (κ3) is 2.61. The summed E-state index contributed by atoms with van der Waals surface area (Å²) in [7, 11) is 0. The second-order valence-corrected chi connectivity index (χ2v) is 5.63. The van der Waals surface area contributed by atoms with Crippen LogP contribution in [0.3, 0.4) is 0 Å². The highest BCUT2D eigenvalue weighted by Gasteiger charge is 2.28. The molecule has 0 spiro atoms. The number of nitrogens with zero attached hydrogens (tertiary/aromatic N) is 2. The summed E-state index contributed by atoms with van der Waals surface area (Å²) >= 11 is 1.72. The van der Waals surface area contributed by atoms with Gasteiger partial charge in [-0.1, -0.05) is 6.92 Å². The van der Waals surface area contributed by atoms with E-state index in [4.69, 9.17) is 10.5 Å². The molecule has 1 aromatic rings. The lowest BCUT2D eigenvalue weighted by molar-refractivity contribution is 0.0299. The summed E-state index contributed by atoms with van der Waals surface area (Å²) in [5.74, 6) is 0. The van der Waals surface area contributed by atoms with Crippen LogP contribution in [0.2, 0.25) is 0 Å². The van der Waals surface area contributed by atoms with Gasteiger partial charge in [0, 0.05) is 18.0 Å². The molecule has 0 saturated carbocycles. The molecular formula is C12H21N3OS. The molecule has 96 valence electrons. The Morgan fingerprint density at radius 3 is 2.94 bits per heavy atom. The molecule has 5 heteroatoms. The molecule has 0 bridgehead atoms. The zero-order valence-corrected chi connectivity index (χ0v) is 11.6. The van der Waals surface area contributed by atoms with Crippen molar-refractivity contribution in [1.82, 2.24) is 4.98 Å². The van der Waals surface area contributed by atoms with Crippen LogP contribution in [0, 0.1) is 6.92 Å². The van der Waals surface area contributed by atoms with Gasteiger partial charge in [0.2, 0.25) is 0 Å². The Labute approximate surface area is 107 Å². The lowest BCUT2D eigenvalue weighted by Crippen LogP contribution is -2.48. The van der Waals surface area contributed by atoms with Crippen LogP contribution in [-0.4, -0.2) is 30.3 Å². The normalized spacial score (nSPS) is 25.3. The van der Waals surface area contributed by atoms with Crippen molar-refractivity contribution < 1.29 is 4.74 Å². The van der Waals surface area contributed by atoms with Gasteiger partial charge in [-0.05, 0) is 20.3 Å². The van der Waals surface area contributed by atoms with Gasteiger partial charge in [0.05, 0.1) is 24.4 Å². The van der Waals surface area contributed by atoms with Crippen LogP contribution in [0.15, 0.2) is 0 Å². The number of nitrogens with two attached hydrogens (primary N) is 1. The highest BCUT2D eigenvalue weighted by molar-refractivity contribution is 7.15. The van der Waals surface area contributed by atoms with Crippen LogP contribution in [0.5, 0.6) is 0 Å². The Kier molecular flexibility index (Phi) is 4.01. The summed E-state index contributed by atoms with van der Waals surface area (Å²) in [5, 5.41) is 1.10. The molecule has 1 aliphatic rings. The first-order chi connectivity index (χ1) is 8.15. The van der Waals surface area contributed by atoms with Crippen LogP contribution < -0.4 is 10.6 Å². The van der Waals surface area contributed by atoms with E-state index >= 15 is 0 Å². The Balaban J connectivity index is 2.22. The van der Waals surface area contributed by atoms with E-state index in [1.807, 2.05) is 6.92 Å². The number of aromatic nitrogens is 1. The number of hydrogen-bond donors (Lipinski definition) is 1. The van der Waals surface area contributed by atoms with Crippen molar-refractivity contribution in [3.8, 4) is 0 Å². The van der Waals surface area contributed by atoms with Gasteiger partial charge < -0.3 is 15.4 Å². The van der Waals surface area contributed by atoms with E-state index in [0.29, 0.717) is 12.6 Å². The number of ether oxygens (including phenoxy) is 1. The summed E-state index contributed by atoms with van der Waals surface area (Å²) in [6, 6.07) is 0.447. The van der Waals surface area contributed by atoms with Crippen molar-refractivity contribution in [1.29, 1.82) is 0 Å². The predicted octanol–water partition coefficient (Wildman–Crippen LogP) is 1.91. The minimum atomic E-state index is 0.281. The fourth-order valence-electron chi connectivity index (χ4n) is 2.14. The summed E-state index contributed by atoms with van der Waals surface area (Å²) in [6.07, 6.45) is 1.37. The van der Waals surface area contributed by atoms with Gasteiger partial charge >= 0.3 is 0 Å². The monoisotopic (exact) mass is 255 g/mol. The van der Waals surface area contributed by atoms with E-state index in [1.165, 1.54) is 4.88 Å². The van der Waals surface area contributed by atoms with Crippen molar-refractivity contribution in [3.63, 3.8) is 0 Å². The van der Waals surface area contributed by atoms with Crippen LogP contribution in [0.1, 0.15) is 30.8 Å². The van der Waals surface area contributed by atoms with Crippen molar-refractivity contribution in [2.75, 3.05) is 18.1 Å². The Hall–Kier alpha value is -0.650. The Morgan fingerprint density at radius 2 is 2.35 bits per heavy atom. The highest BCUT2D eigenvalue weighted by Crippen LogP contribution is 2.30. The van der Waals surface area contributed by atoms with Crippen molar-refractivity contribution in [3.05, 3.63) is 10.6 Å². The first kappa shape index (κ1) is 12.8. The number of anilines is 1. The SMILES string of the molecule is CCC1COC(C)CN1c1nc(C)c(CN)s1. The molecule has 1 aliphatic heterocycles. The van der Waals surface area contributed by atoms with E-state index in [2.05, 4.69) is 23.7 Å². The van der Waals surface area contributed by atoms with E-state index < -0.39 is 0 Å². The second-order valence-electron chi connectivity index (χ2n) is 4.57. The minimum Gasteiger partial charge on any atom is -0.375 e. The van der Waals surface area contributed by atoms with Crippen molar-refractivity contribution >= 4 is 16.5 Å². The molecule has 2 rings (SSSR count). The van der Waals surface area contributed by atoms with E-state index in [1.54, 1.807) is 11.3 Å². The van der Waals surface area contributed by atoms with Gasteiger partial charge in [0.1, 0.15) is 0 Å². The molecule has 2 N–H and O–H groups in total. The number of morpholine rings is 1. The molecule has 0 amide bonds. The summed E-state index contributed by atoms with van der Waals surface area (Å²) < 4.78 is 5.71. The molecule has 2 unspecified atom stereocenters. The van der Waals surface area contributed by atoms with Gasteiger partial charge in [0.15, 0.2) is 5.13 Å². The van der Waals surface area contributed by atoms with Crippen LogP contribution in [0.25, 0.3) is 0 Å². The molecule has 1 aromatic heterocycles. The maximum atomic E-state index is 5.72. The smallest absolute Gasteiger partial charge is 0.186 e. The first-order valence-electron chi connectivity index (χ1n) is 6.20.